The topological polar surface area (TPSA) is 62.3 Å². The highest BCUT2D eigenvalue weighted by molar-refractivity contribution is 7.89. The van der Waals surface area contributed by atoms with Crippen LogP contribution in [0.3, 0.4) is 0 Å². The average Bonchev–Trinajstić information content (AvgIpc) is 2.63. The first kappa shape index (κ1) is 19.3. The van der Waals surface area contributed by atoms with E-state index in [4.69, 9.17) is 11.6 Å². The van der Waals surface area contributed by atoms with Gasteiger partial charge < -0.3 is 0 Å². The number of aromatic nitrogens is 1. The van der Waals surface area contributed by atoms with E-state index in [1.807, 2.05) is 12.1 Å². The van der Waals surface area contributed by atoms with Crippen LogP contribution in [0.5, 0.6) is 0 Å². The first-order chi connectivity index (χ1) is 12.4. The summed E-state index contributed by atoms with van der Waals surface area (Å²) in [7, 11) is -3.60. The molecule has 3 rings (SSSR count). The van der Waals surface area contributed by atoms with Gasteiger partial charge in [-0.15, -0.1) is 0 Å². The zero-order chi connectivity index (χ0) is 18.6. The number of piperidine rings is 1. The first-order valence-electron chi connectivity index (χ1n) is 8.84. The van der Waals surface area contributed by atoms with E-state index >= 15 is 0 Å². The normalized spacial score (nSPS) is 16.7. The van der Waals surface area contributed by atoms with Crippen LogP contribution in [-0.2, 0) is 23.1 Å². The maximum absolute atomic E-state index is 12.3. The number of sulfonamides is 1. The van der Waals surface area contributed by atoms with Crippen molar-refractivity contribution in [1.29, 1.82) is 0 Å². The van der Waals surface area contributed by atoms with E-state index in [2.05, 4.69) is 33.7 Å². The van der Waals surface area contributed by atoms with E-state index in [9.17, 15) is 8.42 Å². The number of likely N-dealkylation sites (tertiary alicyclic amines) is 1. The molecule has 0 aliphatic carbocycles. The third kappa shape index (κ3) is 5.27. The Morgan fingerprint density at radius 2 is 1.92 bits per heavy atom. The zero-order valence-electron chi connectivity index (χ0n) is 14.9. The molecule has 1 aromatic heterocycles. The Hall–Kier alpha value is -1.47. The maximum atomic E-state index is 12.3. The molecule has 7 heteroatoms. The van der Waals surface area contributed by atoms with Gasteiger partial charge in [0, 0.05) is 19.3 Å². The minimum atomic E-state index is -3.60. The fraction of sp³-hybridized carbons (Fsp3) is 0.421. The summed E-state index contributed by atoms with van der Waals surface area (Å²) in [6.07, 6.45) is 3.75. The Balaban J connectivity index is 1.60. The molecule has 0 radical (unpaired) electrons. The third-order valence-corrected chi connectivity index (χ3v) is 6.36. The summed E-state index contributed by atoms with van der Waals surface area (Å²) in [6, 6.07) is 11.0. The van der Waals surface area contributed by atoms with E-state index in [0.717, 1.165) is 31.1 Å². The van der Waals surface area contributed by atoms with Gasteiger partial charge in [-0.3, -0.25) is 4.90 Å². The quantitative estimate of drug-likeness (QED) is 0.763. The SMILES string of the molecule is CC1CCN(Cc2cccc(CNS(=O)(=O)c3ccc(Cl)nc3)c2)CC1. The number of pyridine rings is 1. The first-order valence-corrected chi connectivity index (χ1v) is 10.7. The molecule has 0 bridgehead atoms. The Bertz CT molecular complexity index is 832. The number of nitrogens with zero attached hydrogens (tertiary/aromatic N) is 2. The van der Waals surface area contributed by atoms with Crippen LogP contribution in [0, 0.1) is 5.92 Å². The fourth-order valence-electron chi connectivity index (χ4n) is 3.10. The lowest BCUT2D eigenvalue weighted by Gasteiger charge is -2.30. The molecule has 26 heavy (non-hydrogen) atoms. The Kier molecular flexibility index (Phi) is 6.29. The van der Waals surface area contributed by atoms with Crippen LogP contribution < -0.4 is 4.72 Å². The smallest absolute Gasteiger partial charge is 0.242 e. The van der Waals surface area contributed by atoms with Gasteiger partial charge >= 0.3 is 0 Å². The van der Waals surface area contributed by atoms with Gasteiger partial charge in [0.1, 0.15) is 10.0 Å². The molecule has 5 nitrogen and oxygen atoms in total. The van der Waals surface area contributed by atoms with E-state index < -0.39 is 10.0 Å². The van der Waals surface area contributed by atoms with Crippen molar-refractivity contribution < 1.29 is 8.42 Å². The number of nitrogens with one attached hydrogen (secondary N) is 1. The van der Waals surface area contributed by atoms with Crippen LogP contribution in [-0.4, -0.2) is 31.4 Å². The van der Waals surface area contributed by atoms with Crippen LogP contribution >= 0.6 is 11.6 Å². The monoisotopic (exact) mass is 393 g/mol. The van der Waals surface area contributed by atoms with Gasteiger partial charge in [0.05, 0.1) is 0 Å². The van der Waals surface area contributed by atoms with E-state index in [-0.39, 0.29) is 16.6 Å². The molecular formula is C19H24ClN3O2S. The molecule has 1 saturated heterocycles. The van der Waals surface area contributed by atoms with Gasteiger partial charge in [-0.05, 0) is 55.1 Å². The number of hydrogen-bond acceptors (Lipinski definition) is 4. The molecule has 0 amide bonds. The van der Waals surface area contributed by atoms with Gasteiger partial charge in [-0.2, -0.15) is 0 Å². The van der Waals surface area contributed by atoms with Crippen LogP contribution in [0.25, 0.3) is 0 Å². The predicted molar refractivity (Wildman–Crippen MR) is 103 cm³/mol. The molecule has 140 valence electrons. The molecular weight excluding hydrogens is 370 g/mol. The van der Waals surface area contributed by atoms with Crippen molar-refractivity contribution in [2.24, 2.45) is 5.92 Å². The lowest BCUT2D eigenvalue weighted by Crippen LogP contribution is -2.32. The van der Waals surface area contributed by atoms with Crippen molar-refractivity contribution in [2.75, 3.05) is 13.1 Å². The summed E-state index contributed by atoms with van der Waals surface area (Å²) < 4.78 is 27.3. The number of rotatable bonds is 6. The highest BCUT2D eigenvalue weighted by atomic mass is 35.5. The summed E-state index contributed by atoms with van der Waals surface area (Å²) in [5, 5.41) is 0.267. The standard InChI is InChI=1S/C19H24ClN3O2S/c1-15-7-9-23(10-8-15)14-17-4-2-3-16(11-17)12-22-26(24,25)18-5-6-19(20)21-13-18/h2-6,11,13,15,22H,7-10,12,14H2,1H3. The van der Waals surface area contributed by atoms with Crippen molar-refractivity contribution in [1.82, 2.24) is 14.6 Å². The molecule has 1 aliphatic heterocycles. The minimum Gasteiger partial charge on any atom is -0.299 e. The summed E-state index contributed by atoms with van der Waals surface area (Å²) >= 11 is 5.71. The Morgan fingerprint density at radius 1 is 1.19 bits per heavy atom. The van der Waals surface area contributed by atoms with Crippen molar-refractivity contribution in [3.05, 3.63) is 58.9 Å². The molecule has 2 aromatic rings. The Labute approximate surface area is 160 Å². The van der Waals surface area contributed by atoms with Crippen molar-refractivity contribution >= 4 is 21.6 Å². The fourth-order valence-corrected chi connectivity index (χ4v) is 4.17. The molecule has 0 saturated carbocycles. The molecule has 2 heterocycles. The van der Waals surface area contributed by atoms with Crippen molar-refractivity contribution in [3.8, 4) is 0 Å². The second-order valence-corrected chi connectivity index (χ2v) is 9.07. The molecule has 1 aromatic carbocycles. The third-order valence-electron chi connectivity index (χ3n) is 4.75. The van der Waals surface area contributed by atoms with Crippen molar-refractivity contribution in [3.63, 3.8) is 0 Å². The van der Waals surface area contributed by atoms with Gasteiger partial charge in [-0.1, -0.05) is 42.8 Å². The predicted octanol–water partition coefficient (Wildman–Crippen LogP) is 3.45. The minimum absolute atomic E-state index is 0.112. The van der Waals surface area contributed by atoms with Gasteiger partial charge in [0.2, 0.25) is 10.0 Å². The summed E-state index contributed by atoms with van der Waals surface area (Å²) in [5.41, 5.74) is 2.16. The van der Waals surface area contributed by atoms with Gasteiger partial charge in [-0.25, -0.2) is 18.1 Å². The second-order valence-electron chi connectivity index (χ2n) is 6.92. The summed E-state index contributed by atoms with van der Waals surface area (Å²) in [4.78, 5) is 6.40. The highest BCUT2D eigenvalue weighted by Gasteiger charge is 2.16. The lowest BCUT2D eigenvalue weighted by atomic mass is 9.98. The molecule has 1 aliphatic rings. The summed E-state index contributed by atoms with van der Waals surface area (Å²) in [5.74, 6) is 0.814. The van der Waals surface area contributed by atoms with E-state index in [1.165, 1.54) is 36.7 Å². The van der Waals surface area contributed by atoms with Crippen LogP contribution in [0.4, 0.5) is 0 Å². The van der Waals surface area contributed by atoms with Crippen LogP contribution in [0.15, 0.2) is 47.5 Å². The van der Waals surface area contributed by atoms with E-state index in [0.29, 0.717) is 0 Å². The highest BCUT2D eigenvalue weighted by Crippen LogP contribution is 2.19. The molecule has 0 atom stereocenters. The van der Waals surface area contributed by atoms with Gasteiger partial charge in [0.15, 0.2) is 0 Å². The number of halogens is 1. The molecule has 1 fully saturated rings. The van der Waals surface area contributed by atoms with Gasteiger partial charge in [0.25, 0.3) is 0 Å². The van der Waals surface area contributed by atoms with Crippen LogP contribution in [0.2, 0.25) is 5.15 Å². The number of hydrogen-bond donors (Lipinski definition) is 1. The van der Waals surface area contributed by atoms with Crippen molar-refractivity contribution in [2.45, 2.75) is 37.8 Å². The van der Waals surface area contributed by atoms with E-state index in [1.54, 1.807) is 0 Å². The Morgan fingerprint density at radius 3 is 2.62 bits per heavy atom. The molecule has 1 N–H and O–H groups in total. The zero-order valence-corrected chi connectivity index (χ0v) is 16.4. The molecule has 0 spiro atoms. The van der Waals surface area contributed by atoms with Crippen LogP contribution in [0.1, 0.15) is 30.9 Å². The largest absolute Gasteiger partial charge is 0.299 e. The molecule has 0 unspecified atom stereocenters. The lowest BCUT2D eigenvalue weighted by molar-refractivity contribution is 0.185. The maximum Gasteiger partial charge on any atom is 0.242 e. The summed E-state index contributed by atoms with van der Waals surface area (Å²) in [6.45, 7) is 5.72. The second kappa shape index (κ2) is 8.48. The average molecular weight is 394 g/mol. The number of benzene rings is 1.